The molecule has 120 valence electrons. The maximum absolute atomic E-state index is 12.1. The first-order valence-corrected chi connectivity index (χ1v) is 6.95. The number of methoxy groups -OCH3 is 2. The highest BCUT2D eigenvalue weighted by atomic mass is 35.5. The number of hydrogen-bond donors (Lipinski definition) is 1. The molecule has 0 aliphatic carbocycles. The van der Waals surface area contributed by atoms with E-state index in [2.05, 4.69) is 5.16 Å². The molecule has 0 spiro atoms. The first kappa shape index (κ1) is 16.6. The standard InChI is InChI=1S/C16H15ClN2O4/c1-21-13-7-11(8-14(9-13)22-2)16(20)23-19-15(18)10-3-5-12(17)6-4-10/h3-9H,1-2H3,(H2,18,19). The Balaban J connectivity index is 2.15. The van der Waals surface area contributed by atoms with E-state index in [-0.39, 0.29) is 11.4 Å². The minimum absolute atomic E-state index is 0.0601. The summed E-state index contributed by atoms with van der Waals surface area (Å²) < 4.78 is 10.2. The highest BCUT2D eigenvalue weighted by molar-refractivity contribution is 6.30. The van der Waals surface area contributed by atoms with Crippen molar-refractivity contribution in [2.24, 2.45) is 10.9 Å². The fourth-order valence-corrected chi connectivity index (χ4v) is 1.87. The predicted molar refractivity (Wildman–Crippen MR) is 87.1 cm³/mol. The monoisotopic (exact) mass is 334 g/mol. The highest BCUT2D eigenvalue weighted by Crippen LogP contribution is 2.23. The van der Waals surface area contributed by atoms with E-state index < -0.39 is 5.97 Å². The normalized spacial score (nSPS) is 11.0. The van der Waals surface area contributed by atoms with E-state index in [0.717, 1.165) is 0 Å². The Kier molecular flexibility index (Phi) is 5.43. The maximum atomic E-state index is 12.1. The van der Waals surface area contributed by atoms with Crippen LogP contribution in [0, 0.1) is 0 Å². The molecule has 6 nitrogen and oxygen atoms in total. The van der Waals surface area contributed by atoms with Crippen molar-refractivity contribution in [3.8, 4) is 11.5 Å². The van der Waals surface area contributed by atoms with Gasteiger partial charge in [-0.2, -0.15) is 0 Å². The fraction of sp³-hybridized carbons (Fsp3) is 0.125. The van der Waals surface area contributed by atoms with Gasteiger partial charge in [0.05, 0.1) is 19.8 Å². The molecule has 0 aromatic heterocycles. The smallest absolute Gasteiger partial charge is 0.366 e. The molecule has 0 unspecified atom stereocenters. The second-order valence-corrected chi connectivity index (χ2v) is 4.90. The van der Waals surface area contributed by atoms with Gasteiger partial charge < -0.3 is 20.0 Å². The lowest BCUT2D eigenvalue weighted by molar-refractivity contribution is 0.0515. The van der Waals surface area contributed by atoms with Gasteiger partial charge in [-0.15, -0.1) is 0 Å². The molecule has 2 aromatic rings. The molecule has 0 atom stereocenters. The van der Waals surface area contributed by atoms with Gasteiger partial charge in [0.15, 0.2) is 5.84 Å². The lowest BCUT2D eigenvalue weighted by atomic mass is 10.2. The summed E-state index contributed by atoms with van der Waals surface area (Å²) in [5.74, 6) is 0.306. The molecule has 0 heterocycles. The van der Waals surface area contributed by atoms with Gasteiger partial charge in [-0.05, 0) is 36.4 Å². The lowest BCUT2D eigenvalue weighted by Crippen LogP contribution is -2.15. The summed E-state index contributed by atoms with van der Waals surface area (Å²) >= 11 is 5.79. The van der Waals surface area contributed by atoms with Gasteiger partial charge in [0.1, 0.15) is 11.5 Å². The van der Waals surface area contributed by atoms with Crippen molar-refractivity contribution in [3.05, 3.63) is 58.6 Å². The number of ether oxygens (including phenoxy) is 2. The van der Waals surface area contributed by atoms with Crippen molar-refractivity contribution in [2.75, 3.05) is 14.2 Å². The van der Waals surface area contributed by atoms with E-state index in [0.29, 0.717) is 22.1 Å². The van der Waals surface area contributed by atoms with Crippen LogP contribution in [0.5, 0.6) is 11.5 Å². The largest absolute Gasteiger partial charge is 0.497 e. The quantitative estimate of drug-likeness (QED) is 0.393. The molecule has 23 heavy (non-hydrogen) atoms. The maximum Gasteiger partial charge on any atom is 0.366 e. The third-order valence-corrected chi connectivity index (χ3v) is 3.21. The fourth-order valence-electron chi connectivity index (χ4n) is 1.74. The topological polar surface area (TPSA) is 83.1 Å². The Morgan fingerprint density at radius 2 is 1.57 bits per heavy atom. The highest BCUT2D eigenvalue weighted by Gasteiger charge is 2.12. The molecule has 0 aliphatic rings. The number of halogens is 1. The molecule has 0 saturated heterocycles. The summed E-state index contributed by atoms with van der Waals surface area (Å²) in [7, 11) is 2.97. The average molecular weight is 335 g/mol. The van der Waals surface area contributed by atoms with Crippen LogP contribution in [0.1, 0.15) is 15.9 Å². The van der Waals surface area contributed by atoms with Gasteiger partial charge >= 0.3 is 5.97 Å². The second kappa shape index (κ2) is 7.51. The number of carbonyl (C=O) groups excluding carboxylic acids is 1. The van der Waals surface area contributed by atoms with Crippen LogP contribution in [0.3, 0.4) is 0 Å². The van der Waals surface area contributed by atoms with E-state index in [9.17, 15) is 4.79 Å². The predicted octanol–water partition coefficient (Wildman–Crippen LogP) is 2.83. The summed E-state index contributed by atoms with van der Waals surface area (Å²) in [4.78, 5) is 16.9. The van der Waals surface area contributed by atoms with Gasteiger partial charge in [-0.3, -0.25) is 0 Å². The minimum atomic E-state index is -0.681. The molecule has 0 amide bonds. The van der Waals surface area contributed by atoms with E-state index in [1.807, 2.05) is 0 Å². The third-order valence-electron chi connectivity index (χ3n) is 2.95. The Labute approximate surface area is 138 Å². The molecule has 2 N–H and O–H groups in total. The van der Waals surface area contributed by atoms with Crippen LogP contribution in [0.25, 0.3) is 0 Å². The van der Waals surface area contributed by atoms with Crippen molar-refractivity contribution >= 4 is 23.4 Å². The van der Waals surface area contributed by atoms with Crippen LogP contribution in [-0.2, 0) is 4.84 Å². The summed E-state index contributed by atoms with van der Waals surface area (Å²) in [6.07, 6.45) is 0. The lowest BCUT2D eigenvalue weighted by Gasteiger charge is -2.07. The van der Waals surface area contributed by atoms with Crippen molar-refractivity contribution in [1.82, 2.24) is 0 Å². The minimum Gasteiger partial charge on any atom is -0.497 e. The zero-order chi connectivity index (χ0) is 16.8. The number of benzene rings is 2. The zero-order valence-electron chi connectivity index (χ0n) is 12.6. The van der Waals surface area contributed by atoms with Crippen LogP contribution < -0.4 is 15.2 Å². The van der Waals surface area contributed by atoms with Crippen molar-refractivity contribution < 1.29 is 19.1 Å². The number of nitrogens with two attached hydrogens (primary N) is 1. The van der Waals surface area contributed by atoms with Gasteiger partial charge in [0.25, 0.3) is 0 Å². The summed E-state index contributed by atoms with van der Waals surface area (Å²) in [6.45, 7) is 0. The first-order valence-electron chi connectivity index (χ1n) is 6.57. The third kappa shape index (κ3) is 4.37. The Morgan fingerprint density at radius 3 is 2.09 bits per heavy atom. The SMILES string of the molecule is COc1cc(OC)cc(C(=O)O/N=C(\N)c2ccc(Cl)cc2)c1. The van der Waals surface area contributed by atoms with Crippen molar-refractivity contribution in [3.63, 3.8) is 0 Å². The average Bonchev–Trinajstić information content (AvgIpc) is 2.59. The van der Waals surface area contributed by atoms with Crippen LogP contribution in [0.2, 0.25) is 5.02 Å². The number of amidine groups is 1. The van der Waals surface area contributed by atoms with E-state index in [1.165, 1.54) is 26.4 Å². The number of rotatable bonds is 5. The number of hydrogen-bond acceptors (Lipinski definition) is 5. The molecule has 0 fully saturated rings. The molecule has 2 rings (SSSR count). The summed E-state index contributed by atoms with van der Waals surface area (Å²) in [6, 6.07) is 11.3. The van der Waals surface area contributed by atoms with Gasteiger partial charge in [-0.25, -0.2) is 4.79 Å². The van der Waals surface area contributed by atoms with Gasteiger partial charge in [-0.1, -0.05) is 16.8 Å². The Morgan fingerprint density at radius 1 is 1.00 bits per heavy atom. The van der Waals surface area contributed by atoms with E-state index in [1.54, 1.807) is 30.3 Å². The van der Waals surface area contributed by atoms with E-state index in [4.69, 9.17) is 31.6 Å². The molecule has 0 saturated carbocycles. The van der Waals surface area contributed by atoms with Gasteiger partial charge in [0.2, 0.25) is 0 Å². The molecule has 0 radical (unpaired) electrons. The molecule has 0 bridgehead atoms. The first-order chi connectivity index (χ1) is 11.0. The molecular weight excluding hydrogens is 320 g/mol. The second-order valence-electron chi connectivity index (χ2n) is 4.46. The van der Waals surface area contributed by atoms with Crippen LogP contribution in [0.15, 0.2) is 47.6 Å². The Bertz CT molecular complexity index is 707. The van der Waals surface area contributed by atoms with Crippen molar-refractivity contribution in [1.29, 1.82) is 0 Å². The summed E-state index contributed by atoms with van der Waals surface area (Å²) in [5.41, 5.74) is 6.58. The van der Waals surface area contributed by atoms with Crippen LogP contribution in [0.4, 0.5) is 0 Å². The zero-order valence-corrected chi connectivity index (χ0v) is 13.3. The molecule has 2 aromatic carbocycles. The summed E-state index contributed by atoms with van der Waals surface area (Å²) in [5, 5.41) is 4.20. The van der Waals surface area contributed by atoms with Gasteiger partial charge in [0, 0.05) is 16.7 Å². The van der Waals surface area contributed by atoms with Crippen molar-refractivity contribution in [2.45, 2.75) is 0 Å². The van der Waals surface area contributed by atoms with Crippen LogP contribution in [-0.4, -0.2) is 26.0 Å². The number of carbonyl (C=O) groups is 1. The Hall–Kier alpha value is -2.73. The molecule has 7 heteroatoms. The number of nitrogens with zero attached hydrogens (tertiary/aromatic N) is 1. The molecule has 0 aliphatic heterocycles. The molecular formula is C16H15ClN2O4. The van der Waals surface area contributed by atoms with E-state index >= 15 is 0 Å². The number of oxime groups is 1. The van der Waals surface area contributed by atoms with Crippen LogP contribution >= 0.6 is 11.6 Å².